The SMILES string of the molecule is COc1nc(OC(=O)[C@@H](NC(=O)OC(C)(C)C)C(C)C)nc2c1ncn2[C@@H]1O[C@H](CO[Si](C)(C)C(C)(C)C)[C@@H](O[Si](C)(C)C(C)(C)C)[C@H]1O[Si](C)(C)C(C)(C)C. The van der Waals surface area contributed by atoms with Gasteiger partial charge in [-0.25, -0.2) is 14.6 Å². The fourth-order valence-electron chi connectivity index (χ4n) is 5.21. The standard InChI is InChI=1S/C39H73N5O9Si3/c1-24(2)26(41-35(46)51-36(3,4)5)33(45)50-34-42-30-27(31(43-34)47-15)40-23-44(30)32-29(53-56(20,21)39(12,13)14)28(52-55(18,19)38(9,10)11)25(49-32)22-48-54(16,17)37(6,7)8/h23-26,28-29,32H,22H2,1-21H3,(H,41,46)/t25-,26+,28-,29-,32-/m1/s1. The summed E-state index contributed by atoms with van der Waals surface area (Å²) in [5.74, 6) is -1.00. The van der Waals surface area contributed by atoms with Gasteiger partial charge in [0.05, 0.1) is 20.0 Å². The minimum Gasteiger partial charge on any atom is -0.479 e. The normalized spacial score (nSPS) is 21.0. The molecule has 0 aromatic carbocycles. The Morgan fingerprint density at radius 2 is 1.34 bits per heavy atom. The number of nitrogens with zero attached hydrogens (tertiary/aromatic N) is 4. The summed E-state index contributed by atoms with van der Waals surface area (Å²) in [6.07, 6.45) is -1.41. The first-order valence-corrected chi connectivity index (χ1v) is 28.5. The van der Waals surface area contributed by atoms with E-state index in [0.717, 1.165) is 0 Å². The lowest BCUT2D eigenvalue weighted by atomic mass is 10.1. The average Bonchev–Trinajstić information content (AvgIpc) is 3.56. The van der Waals surface area contributed by atoms with Gasteiger partial charge < -0.3 is 37.5 Å². The van der Waals surface area contributed by atoms with Gasteiger partial charge in [0.2, 0.25) is 5.88 Å². The molecule has 1 aliphatic heterocycles. The highest BCUT2D eigenvalue weighted by atomic mass is 28.4. The summed E-state index contributed by atoms with van der Waals surface area (Å²) >= 11 is 0. The molecule has 5 atom stereocenters. The first-order valence-electron chi connectivity index (χ1n) is 19.8. The van der Waals surface area contributed by atoms with E-state index >= 15 is 0 Å². The van der Waals surface area contributed by atoms with Gasteiger partial charge in [0.1, 0.15) is 30.0 Å². The highest BCUT2D eigenvalue weighted by Gasteiger charge is 2.55. The van der Waals surface area contributed by atoms with Crippen molar-refractivity contribution in [2.45, 2.75) is 188 Å². The second-order valence-electron chi connectivity index (χ2n) is 21.0. The number of nitrogens with one attached hydrogen (secondary N) is 1. The lowest BCUT2D eigenvalue weighted by molar-refractivity contribution is -0.138. The van der Waals surface area contributed by atoms with Crippen LogP contribution in [0, 0.1) is 5.92 Å². The second kappa shape index (κ2) is 16.7. The van der Waals surface area contributed by atoms with Crippen LogP contribution in [0.4, 0.5) is 4.79 Å². The Morgan fingerprint density at radius 3 is 1.80 bits per heavy atom. The van der Waals surface area contributed by atoms with Gasteiger partial charge in [-0.1, -0.05) is 76.2 Å². The first-order chi connectivity index (χ1) is 25.1. The van der Waals surface area contributed by atoms with Gasteiger partial charge in [-0.3, -0.25) is 4.57 Å². The molecule has 1 aliphatic rings. The fourth-order valence-corrected chi connectivity index (χ4v) is 8.82. The zero-order valence-corrected chi connectivity index (χ0v) is 41.2. The summed E-state index contributed by atoms with van der Waals surface area (Å²) in [4.78, 5) is 40.0. The molecule has 0 saturated carbocycles. The number of esters is 1. The number of rotatable bonds is 13. The van der Waals surface area contributed by atoms with E-state index in [1.54, 1.807) is 45.5 Å². The summed E-state index contributed by atoms with van der Waals surface area (Å²) in [6, 6.07) is -1.32. The molecule has 2 aromatic heterocycles. The average molecular weight is 840 g/mol. The van der Waals surface area contributed by atoms with Crippen molar-refractivity contribution in [1.82, 2.24) is 24.8 Å². The Labute approximate surface area is 339 Å². The van der Waals surface area contributed by atoms with Crippen molar-refractivity contribution in [1.29, 1.82) is 0 Å². The smallest absolute Gasteiger partial charge is 0.408 e. The number of imidazole rings is 1. The van der Waals surface area contributed by atoms with Crippen LogP contribution in [0.5, 0.6) is 11.9 Å². The molecule has 1 N–H and O–H groups in total. The van der Waals surface area contributed by atoms with Gasteiger partial charge in [-0.2, -0.15) is 9.97 Å². The van der Waals surface area contributed by atoms with Crippen LogP contribution in [0.1, 0.15) is 103 Å². The van der Waals surface area contributed by atoms with Gasteiger partial charge in [-0.15, -0.1) is 0 Å². The van der Waals surface area contributed by atoms with Crippen molar-refractivity contribution in [3.63, 3.8) is 0 Å². The van der Waals surface area contributed by atoms with Crippen LogP contribution in [-0.4, -0.2) is 100 Å². The van der Waals surface area contributed by atoms with Gasteiger partial charge >= 0.3 is 18.1 Å². The number of alkyl carbamates (subject to hydrolysis) is 1. The van der Waals surface area contributed by atoms with Gasteiger partial charge in [-0.05, 0) is 81.1 Å². The van der Waals surface area contributed by atoms with Crippen LogP contribution in [-0.2, 0) is 27.5 Å². The molecule has 0 aliphatic carbocycles. The van der Waals surface area contributed by atoms with Crippen LogP contribution in [0.25, 0.3) is 11.2 Å². The molecule has 3 heterocycles. The number of aromatic nitrogens is 4. The lowest BCUT2D eigenvalue weighted by Crippen LogP contribution is -2.54. The molecule has 0 bridgehead atoms. The summed E-state index contributed by atoms with van der Waals surface area (Å²) in [6.45, 7) is 42.5. The third-order valence-corrected chi connectivity index (χ3v) is 25.2. The molecule has 1 saturated heterocycles. The highest BCUT2D eigenvalue weighted by molar-refractivity contribution is 6.75. The lowest BCUT2D eigenvalue weighted by Gasteiger charge is -2.44. The predicted octanol–water partition coefficient (Wildman–Crippen LogP) is 8.99. The van der Waals surface area contributed by atoms with Crippen molar-refractivity contribution in [3.8, 4) is 11.9 Å². The third-order valence-electron chi connectivity index (χ3n) is 11.8. The van der Waals surface area contributed by atoms with Gasteiger partial charge in [0.15, 0.2) is 42.3 Å². The van der Waals surface area contributed by atoms with Crippen LogP contribution in [0.15, 0.2) is 6.33 Å². The molecule has 2 aromatic rings. The molecule has 3 rings (SSSR count). The molecule has 0 spiro atoms. The first kappa shape index (κ1) is 48.0. The molecule has 0 radical (unpaired) electrons. The largest absolute Gasteiger partial charge is 0.479 e. The van der Waals surface area contributed by atoms with Gasteiger partial charge in [0, 0.05) is 0 Å². The van der Waals surface area contributed by atoms with Crippen LogP contribution >= 0.6 is 0 Å². The number of amides is 1. The van der Waals surface area contributed by atoms with E-state index in [4.69, 9.17) is 37.2 Å². The summed E-state index contributed by atoms with van der Waals surface area (Å²) < 4.78 is 47.1. The fraction of sp³-hybridized carbons (Fsp3) is 0.821. The summed E-state index contributed by atoms with van der Waals surface area (Å²) in [5, 5.41) is 2.39. The number of methoxy groups -OCH3 is 1. The predicted molar refractivity (Wildman–Crippen MR) is 227 cm³/mol. The van der Waals surface area contributed by atoms with Gasteiger partial charge in [0.25, 0.3) is 0 Å². The van der Waals surface area contributed by atoms with Crippen molar-refractivity contribution in [2.75, 3.05) is 13.7 Å². The van der Waals surface area contributed by atoms with E-state index in [0.29, 0.717) is 17.8 Å². The van der Waals surface area contributed by atoms with E-state index in [1.165, 1.54) is 7.11 Å². The minimum atomic E-state index is -2.46. The van der Waals surface area contributed by atoms with E-state index in [9.17, 15) is 9.59 Å². The second-order valence-corrected chi connectivity index (χ2v) is 35.3. The summed E-state index contributed by atoms with van der Waals surface area (Å²) in [5.41, 5.74) is -0.0991. The molecule has 17 heteroatoms. The highest BCUT2D eigenvalue weighted by Crippen LogP contribution is 2.47. The van der Waals surface area contributed by atoms with Crippen LogP contribution in [0.3, 0.4) is 0 Å². The van der Waals surface area contributed by atoms with E-state index < -0.39 is 73.2 Å². The third kappa shape index (κ3) is 11.2. The number of carbonyl (C=O) groups is 2. The van der Waals surface area contributed by atoms with Crippen molar-refractivity contribution < 1.29 is 41.8 Å². The number of ether oxygens (including phenoxy) is 4. The maximum Gasteiger partial charge on any atom is 0.408 e. The maximum absolute atomic E-state index is 13.6. The Hall–Kier alpha value is -2.42. The Bertz CT molecular complexity index is 1690. The molecule has 14 nitrogen and oxygen atoms in total. The van der Waals surface area contributed by atoms with Crippen molar-refractivity contribution >= 4 is 48.2 Å². The Balaban J connectivity index is 2.20. The number of carbonyl (C=O) groups excluding carboxylic acids is 2. The molecule has 1 amide bonds. The Kier molecular flexibility index (Phi) is 14.3. The molecule has 56 heavy (non-hydrogen) atoms. The topological polar surface area (TPSA) is 154 Å². The van der Waals surface area contributed by atoms with Crippen molar-refractivity contribution in [2.24, 2.45) is 5.92 Å². The maximum atomic E-state index is 13.6. The molecular formula is C39H73N5O9Si3. The number of hydrogen-bond acceptors (Lipinski definition) is 12. The monoisotopic (exact) mass is 839 g/mol. The van der Waals surface area contributed by atoms with E-state index in [-0.39, 0.29) is 32.9 Å². The Morgan fingerprint density at radius 1 is 0.821 bits per heavy atom. The molecule has 1 fully saturated rings. The summed E-state index contributed by atoms with van der Waals surface area (Å²) in [7, 11) is -5.60. The molecule has 320 valence electrons. The number of hydrogen-bond donors (Lipinski definition) is 1. The van der Waals surface area contributed by atoms with E-state index in [1.807, 2.05) is 0 Å². The quantitative estimate of drug-likeness (QED) is 0.151. The zero-order chi connectivity index (χ0) is 43.2. The number of fused-ring (bicyclic) bond motifs is 1. The zero-order valence-electron chi connectivity index (χ0n) is 38.2. The van der Waals surface area contributed by atoms with E-state index in [2.05, 4.69) is 117 Å². The molecule has 0 unspecified atom stereocenters. The molecular weight excluding hydrogens is 767 g/mol. The van der Waals surface area contributed by atoms with Crippen molar-refractivity contribution in [3.05, 3.63) is 6.33 Å². The van der Waals surface area contributed by atoms with Crippen LogP contribution < -0.4 is 14.8 Å². The minimum absolute atomic E-state index is 0.0172. The van der Waals surface area contributed by atoms with Crippen LogP contribution in [0.2, 0.25) is 54.4 Å².